The van der Waals surface area contributed by atoms with E-state index >= 15 is 0 Å². The van der Waals surface area contributed by atoms with Crippen molar-refractivity contribution in [2.24, 2.45) is 0 Å². The zero-order valence-electron chi connectivity index (χ0n) is 11.5. The lowest BCUT2D eigenvalue weighted by molar-refractivity contribution is -0.116. The molecule has 19 heavy (non-hydrogen) atoms. The maximum Gasteiger partial charge on any atom is 0.255 e. The number of hydrogen-bond acceptors (Lipinski definition) is 3. The number of nitrogens with zero attached hydrogens (tertiary/aromatic N) is 1. The highest BCUT2D eigenvalue weighted by atomic mass is 16.3. The van der Waals surface area contributed by atoms with E-state index in [1.54, 1.807) is 45.3 Å². The van der Waals surface area contributed by atoms with Crippen LogP contribution in [-0.4, -0.2) is 42.0 Å². The first-order chi connectivity index (χ1) is 8.91. The van der Waals surface area contributed by atoms with E-state index in [9.17, 15) is 9.59 Å². The Morgan fingerprint density at radius 3 is 2.53 bits per heavy atom. The molecule has 0 aromatic heterocycles. The van der Waals surface area contributed by atoms with Crippen molar-refractivity contribution in [2.45, 2.75) is 25.9 Å². The number of benzene rings is 1. The van der Waals surface area contributed by atoms with Gasteiger partial charge in [-0.25, -0.2) is 0 Å². The Hall–Kier alpha value is -1.88. The Balaban J connectivity index is 2.78. The normalized spacial score (nSPS) is 11.8. The van der Waals surface area contributed by atoms with Gasteiger partial charge in [0.2, 0.25) is 5.91 Å². The molecule has 1 atom stereocenters. The van der Waals surface area contributed by atoms with Crippen LogP contribution in [0.5, 0.6) is 0 Å². The third-order valence-corrected chi connectivity index (χ3v) is 2.63. The van der Waals surface area contributed by atoms with Crippen LogP contribution >= 0.6 is 0 Å². The number of amides is 2. The predicted octanol–water partition coefficient (Wildman–Crippen LogP) is 1.49. The van der Waals surface area contributed by atoms with Gasteiger partial charge in [0.15, 0.2) is 0 Å². The smallest absolute Gasteiger partial charge is 0.255 e. The Labute approximate surface area is 113 Å². The monoisotopic (exact) mass is 264 g/mol. The average Bonchev–Trinajstić information content (AvgIpc) is 2.36. The largest absolute Gasteiger partial charge is 0.393 e. The van der Waals surface area contributed by atoms with Gasteiger partial charge in [0, 0.05) is 20.5 Å². The number of hydrogen-bond donors (Lipinski definition) is 2. The zero-order valence-corrected chi connectivity index (χ0v) is 11.5. The molecule has 1 unspecified atom stereocenters. The standard InChI is InChI=1S/C14H20N2O3/c1-10(17)8-9-13(18)15-12-7-5-4-6-11(12)14(19)16(2)3/h4-7,10,17H,8-9H2,1-3H3,(H,15,18). The number of carbonyl (C=O) groups excluding carboxylic acids is 2. The van der Waals surface area contributed by atoms with Crippen molar-refractivity contribution in [3.05, 3.63) is 29.8 Å². The molecule has 0 aliphatic rings. The molecule has 104 valence electrons. The van der Waals surface area contributed by atoms with Gasteiger partial charge in [0.05, 0.1) is 17.4 Å². The molecule has 0 spiro atoms. The molecule has 1 rings (SSSR count). The van der Waals surface area contributed by atoms with Crippen LogP contribution in [0.3, 0.4) is 0 Å². The van der Waals surface area contributed by atoms with Crippen LogP contribution < -0.4 is 5.32 Å². The summed E-state index contributed by atoms with van der Waals surface area (Å²) in [5.41, 5.74) is 0.953. The molecule has 0 saturated heterocycles. The van der Waals surface area contributed by atoms with Crippen molar-refractivity contribution in [2.75, 3.05) is 19.4 Å². The SMILES string of the molecule is CC(O)CCC(=O)Nc1ccccc1C(=O)N(C)C. The maximum atomic E-state index is 11.9. The van der Waals surface area contributed by atoms with E-state index in [-0.39, 0.29) is 18.2 Å². The molecule has 0 aliphatic carbocycles. The van der Waals surface area contributed by atoms with Crippen molar-refractivity contribution >= 4 is 17.5 Å². The molecule has 0 bridgehead atoms. The van der Waals surface area contributed by atoms with Gasteiger partial charge in [-0.2, -0.15) is 0 Å². The van der Waals surface area contributed by atoms with Crippen molar-refractivity contribution in [1.29, 1.82) is 0 Å². The Kier molecular flexibility index (Phi) is 5.51. The minimum Gasteiger partial charge on any atom is -0.393 e. The summed E-state index contributed by atoms with van der Waals surface area (Å²) in [4.78, 5) is 25.1. The third kappa shape index (κ3) is 4.71. The summed E-state index contributed by atoms with van der Waals surface area (Å²) in [7, 11) is 3.32. The second-order valence-corrected chi connectivity index (χ2v) is 4.68. The van der Waals surface area contributed by atoms with Crippen molar-refractivity contribution in [3.63, 3.8) is 0 Å². The van der Waals surface area contributed by atoms with Crippen molar-refractivity contribution in [1.82, 2.24) is 4.90 Å². The molecule has 5 nitrogen and oxygen atoms in total. The molecule has 5 heteroatoms. The quantitative estimate of drug-likeness (QED) is 0.846. The van der Waals surface area contributed by atoms with Crippen LogP contribution in [0.15, 0.2) is 24.3 Å². The van der Waals surface area contributed by atoms with Gasteiger partial charge in [0.25, 0.3) is 5.91 Å². The van der Waals surface area contributed by atoms with Crippen molar-refractivity contribution in [3.8, 4) is 0 Å². The summed E-state index contributed by atoms with van der Waals surface area (Å²) < 4.78 is 0. The van der Waals surface area contributed by atoms with Gasteiger partial charge in [-0.3, -0.25) is 9.59 Å². The van der Waals surface area contributed by atoms with E-state index in [1.807, 2.05) is 0 Å². The van der Waals surface area contributed by atoms with E-state index in [0.717, 1.165) is 0 Å². The van der Waals surface area contributed by atoms with Gasteiger partial charge in [-0.05, 0) is 25.5 Å². The molecular weight excluding hydrogens is 244 g/mol. The first-order valence-corrected chi connectivity index (χ1v) is 6.20. The van der Waals surface area contributed by atoms with E-state index < -0.39 is 6.10 Å². The zero-order chi connectivity index (χ0) is 14.4. The minimum atomic E-state index is -0.510. The number of anilines is 1. The predicted molar refractivity (Wildman–Crippen MR) is 74.0 cm³/mol. The Morgan fingerprint density at radius 2 is 1.95 bits per heavy atom. The summed E-state index contributed by atoms with van der Waals surface area (Å²) >= 11 is 0. The van der Waals surface area contributed by atoms with Crippen LogP contribution in [0.25, 0.3) is 0 Å². The average molecular weight is 264 g/mol. The van der Waals surface area contributed by atoms with Gasteiger partial charge in [0.1, 0.15) is 0 Å². The number of rotatable bonds is 5. The lowest BCUT2D eigenvalue weighted by atomic mass is 10.1. The topological polar surface area (TPSA) is 69.6 Å². The highest BCUT2D eigenvalue weighted by Crippen LogP contribution is 2.17. The highest BCUT2D eigenvalue weighted by Gasteiger charge is 2.14. The third-order valence-electron chi connectivity index (χ3n) is 2.63. The van der Waals surface area contributed by atoms with Crippen LogP contribution in [0.2, 0.25) is 0 Å². The number of aliphatic hydroxyl groups excluding tert-OH is 1. The first kappa shape index (κ1) is 15.2. The molecule has 0 radical (unpaired) electrons. The Morgan fingerprint density at radius 1 is 1.32 bits per heavy atom. The number of aliphatic hydroxyl groups is 1. The van der Waals surface area contributed by atoms with Crippen LogP contribution in [-0.2, 0) is 4.79 Å². The summed E-state index contributed by atoms with van der Waals surface area (Å²) in [6.45, 7) is 1.64. The number of para-hydroxylation sites is 1. The lowest BCUT2D eigenvalue weighted by Crippen LogP contribution is -2.24. The van der Waals surface area contributed by atoms with Crippen LogP contribution in [0.1, 0.15) is 30.1 Å². The maximum absolute atomic E-state index is 11.9. The van der Waals surface area contributed by atoms with Crippen LogP contribution in [0.4, 0.5) is 5.69 Å². The summed E-state index contributed by atoms with van der Waals surface area (Å²) in [5.74, 6) is -0.369. The molecule has 1 aromatic rings. The molecular formula is C14H20N2O3. The molecule has 0 saturated carbocycles. The van der Waals surface area contributed by atoms with E-state index in [0.29, 0.717) is 17.7 Å². The highest BCUT2D eigenvalue weighted by molar-refractivity contribution is 6.03. The van der Waals surface area contributed by atoms with E-state index in [1.165, 1.54) is 4.90 Å². The fraction of sp³-hybridized carbons (Fsp3) is 0.429. The van der Waals surface area contributed by atoms with Gasteiger partial charge >= 0.3 is 0 Å². The molecule has 2 N–H and O–H groups in total. The molecule has 0 fully saturated rings. The second kappa shape index (κ2) is 6.89. The number of nitrogens with one attached hydrogen (secondary N) is 1. The molecule has 0 heterocycles. The Bertz CT molecular complexity index is 456. The molecule has 2 amide bonds. The van der Waals surface area contributed by atoms with Crippen LogP contribution in [0, 0.1) is 0 Å². The lowest BCUT2D eigenvalue weighted by Gasteiger charge is -2.14. The first-order valence-electron chi connectivity index (χ1n) is 6.20. The minimum absolute atomic E-state index is 0.161. The van der Waals surface area contributed by atoms with E-state index in [2.05, 4.69) is 5.32 Å². The fourth-order valence-corrected chi connectivity index (χ4v) is 1.57. The van der Waals surface area contributed by atoms with Gasteiger partial charge < -0.3 is 15.3 Å². The fourth-order valence-electron chi connectivity index (χ4n) is 1.57. The van der Waals surface area contributed by atoms with Crippen molar-refractivity contribution < 1.29 is 14.7 Å². The van der Waals surface area contributed by atoms with Gasteiger partial charge in [-0.15, -0.1) is 0 Å². The summed E-state index contributed by atoms with van der Waals surface area (Å²) in [5, 5.41) is 11.8. The molecule has 1 aromatic carbocycles. The molecule has 0 aliphatic heterocycles. The number of carbonyl (C=O) groups is 2. The van der Waals surface area contributed by atoms with Gasteiger partial charge in [-0.1, -0.05) is 12.1 Å². The van der Waals surface area contributed by atoms with E-state index in [4.69, 9.17) is 5.11 Å². The summed E-state index contributed by atoms with van der Waals surface area (Å²) in [6, 6.07) is 6.88. The summed E-state index contributed by atoms with van der Waals surface area (Å²) in [6.07, 6.45) is 0.113. The second-order valence-electron chi connectivity index (χ2n) is 4.68.